The van der Waals surface area contributed by atoms with Gasteiger partial charge in [-0.3, -0.25) is 0 Å². The van der Waals surface area contributed by atoms with E-state index in [2.05, 4.69) is 0 Å². The van der Waals surface area contributed by atoms with Gasteiger partial charge in [0.2, 0.25) is 0 Å². The Morgan fingerprint density at radius 1 is 1.06 bits per heavy atom. The van der Waals surface area contributed by atoms with Crippen LogP contribution in [0, 0.1) is 0 Å². The van der Waals surface area contributed by atoms with Gasteiger partial charge < -0.3 is 4.79 Å². The predicted molar refractivity (Wildman–Crippen MR) is 68.4 cm³/mol. The van der Waals surface area contributed by atoms with Crippen LogP contribution in [0.25, 0.3) is 5.57 Å². The van der Waals surface area contributed by atoms with E-state index in [1.54, 1.807) is 13.0 Å². The minimum Gasteiger partial charge on any atom is -0.306 e. The molecule has 0 N–H and O–H groups in total. The fraction of sp³-hybridized carbons (Fsp3) is 0.133. The Labute approximate surface area is 113 Å². The van der Waals surface area contributed by atoms with Gasteiger partial charge in [0.05, 0.1) is 0 Å². The minimum absolute atomic E-state index is 0. The van der Waals surface area contributed by atoms with E-state index in [-0.39, 0.29) is 22.9 Å². The first-order chi connectivity index (χ1) is 7.70. The summed E-state index contributed by atoms with van der Waals surface area (Å²) in [5.41, 5.74) is 2.16. The van der Waals surface area contributed by atoms with E-state index in [9.17, 15) is 4.79 Å². The van der Waals surface area contributed by atoms with Crippen molar-refractivity contribution in [3.8, 4) is 0 Å². The van der Waals surface area contributed by atoms with Crippen LogP contribution in [-0.4, -0.2) is 5.78 Å². The first kappa shape index (κ1) is 15.6. The van der Waals surface area contributed by atoms with Crippen LogP contribution in [-0.2, 0) is 21.9 Å². The molecule has 0 amide bonds. The summed E-state index contributed by atoms with van der Waals surface area (Å²) in [4.78, 5) is 10.7. The van der Waals surface area contributed by atoms with Crippen molar-refractivity contribution in [3.63, 3.8) is 0 Å². The molecule has 0 aliphatic carbocycles. The van der Waals surface area contributed by atoms with Crippen LogP contribution in [0.1, 0.15) is 19.4 Å². The number of carbonyl (C=O) groups excluding carboxylic acids is 1. The van der Waals surface area contributed by atoms with Gasteiger partial charge in [-0.05, 0) is 6.92 Å². The topological polar surface area (TPSA) is 17.1 Å². The molecule has 0 radical (unpaired) electrons. The molecule has 0 spiro atoms. The Morgan fingerprint density at radius 2 is 1.59 bits per heavy atom. The maximum atomic E-state index is 10.7. The van der Waals surface area contributed by atoms with Crippen molar-refractivity contribution < 1.29 is 21.9 Å². The monoisotopic (exact) mass is 268 g/mol. The van der Waals surface area contributed by atoms with E-state index in [4.69, 9.17) is 0 Å². The van der Waals surface area contributed by atoms with Crippen molar-refractivity contribution in [2.24, 2.45) is 0 Å². The van der Waals surface area contributed by atoms with Crippen LogP contribution in [0.4, 0.5) is 0 Å². The fourth-order valence-corrected chi connectivity index (χ4v) is 1.35. The van der Waals surface area contributed by atoms with Crippen LogP contribution in [0.2, 0.25) is 0 Å². The third kappa shape index (κ3) is 6.72. The Hall–Kier alpha value is -1.37. The molecule has 2 aromatic carbocycles. The van der Waals surface area contributed by atoms with Gasteiger partial charge in [-0.1, -0.05) is 13.0 Å². The molecule has 0 fully saturated rings. The van der Waals surface area contributed by atoms with Gasteiger partial charge in [-0.15, -0.1) is 23.3 Å². The maximum absolute atomic E-state index is 10.7. The molecule has 0 saturated heterocycles. The third-order valence-electron chi connectivity index (χ3n) is 2.09. The zero-order chi connectivity index (χ0) is 11.8. The molecular formula is C15H16FeO. The Kier molecular flexibility index (Phi) is 8.04. The van der Waals surface area contributed by atoms with Crippen molar-refractivity contribution in [1.82, 2.24) is 0 Å². The fourth-order valence-electron chi connectivity index (χ4n) is 1.35. The number of ketones is 1. The van der Waals surface area contributed by atoms with Crippen LogP contribution in [0.5, 0.6) is 0 Å². The molecule has 0 unspecified atom stereocenters. The van der Waals surface area contributed by atoms with Crippen molar-refractivity contribution in [3.05, 3.63) is 66.2 Å². The zero-order valence-corrected chi connectivity index (χ0v) is 11.1. The van der Waals surface area contributed by atoms with Gasteiger partial charge >= 0.3 is 17.1 Å². The molecule has 2 rings (SSSR count). The number of allylic oxidation sites excluding steroid dienone is 2. The summed E-state index contributed by atoms with van der Waals surface area (Å²) in [6.07, 6.45) is 1.65. The number of carbonyl (C=O) groups is 1. The number of hydrogen-bond donors (Lipinski definition) is 0. The van der Waals surface area contributed by atoms with Crippen molar-refractivity contribution >= 4 is 11.4 Å². The Morgan fingerprint density at radius 3 is 1.94 bits per heavy atom. The van der Waals surface area contributed by atoms with Crippen LogP contribution in [0.3, 0.4) is 0 Å². The smallest absolute Gasteiger partial charge is 0.306 e. The van der Waals surface area contributed by atoms with Gasteiger partial charge in [0.1, 0.15) is 5.78 Å². The normalized spacial score (nSPS) is 9.88. The van der Waals surface area contributed by atoms with Gasteiger partial charge in [0.15, 0.2) is 0 Å². The molecule has 2 aromatic rings. The third-order valence-corrected chi connectivity index (χ3v) is 2.09. The van der Waals surface area contributed by atoms with E-state index < -0.39 is 0 Å². The van der Waals surface area contributed by atoms with Gasteiger partial charge in [0.25, 0.3) is 0 Å². The summed E-state index contributed by atoms with van der Waals surface area (Å²) < 4.78 is 0. The zero-order valence-electron chi connectivity index (χ0n) is 10.0. The summed E-state index contributed by atoms with van der Waals surface area (Å²) in [7, 11) is 0. The molecule has 0 bridgehead atoms. The Bertz CT molecular complexity index is 404. The maximum Gasteiger partial charge on any atom is 2.00 e. The van der Waals surface area contributed by atoms with E-state index >= 15 is 0 Å². The number of hydrogen-bond acceptors (Lipinski definition) is 1. The Balaban J connectivity index is 0.000000360. The van der Waals surface area contributed by atoms with E-state index in [1.165, 1.54) is 0 Å². The molecule has 2 heteroatoms. The molecule has 0 saturated carbocycles. The molecule has 0 aliphatic heterocycles. The molecular weight excluding hydrogens is 252 g/mol. The molecule has 1 nitrogen and oxygen atoms in total. The average molecular weight is 268 g/mol. The van der Waals surface area contributed by atoms with Crippen molar-refractivity contribution in [2.75, 3.05) is 0 Å². The second-order valence-electron chi connectivity index (χ2n) is 3.57. The SMILES string of the molecule is CC(=O)/C=C(\C)[c-]1cccc1.[Fe+2].c1cc[cH-]c1. The standard InChI is InChI=1S/C10H11O.C5H5.Fe/c1-8(7-9(2)11)10-5-3-4-6-10;1-2-4-5-3-1;/h3-7H,1-2H3;1-5H;/q2*-1;+2/b8-7+;;. The first-order valence-electron chi connectivity index (χ1n) is 5.28. The molecule has 17 heavy (non-hydrogen) atoms. The van der Waals surface area contributed by atoms with E-state index in [0.29, 0.717) is 0 Å². The minimum atomic E-state index is 0. The summed E-state index contributed by atoms with van der Waals surface area (Å²) >= 11 is 0. The number of rotatable bonds is 2. The van der Waals surface area contributed by atoms with Crippen LogP contribution < -0.4 is 0 Å². The van der Waals surface area contributed by atoms with Crippen LogP contribution in [0.15, 0.2) is 60.7 Å². The summed E-state index contributed by atoms with van der Waals surface area (Å²) in [5, 5.41) is 0. The van der Waals surface area contributed by atoms with E-state index in [0.717, 1.165) is 11.1 Å². The summed E-state index contributed by atoms with van der Waals surface area (Å²) in [6.45, 7) is 3.50. The van der Waals surface area contributed by atoms with Crippen molar-refractivity contribution in [1.29, 1.82) is 0 Å². The molecule has 90 valence electrons. The quantitative estimate of drug-likeness (QED) is 0.460. The first-order valence-corrected chi connectivity index (χ1v) is 5.28. The second kappa shape index (κ2) is 8.74. The van der Waals surface area contributed by atoms with Gasteiger partial charge in [-0.25, -0.2) is 12.1 Å². The largest absolute Gasteiger partial charge is 2.00 e. The van der Waals surface area contributed by atoms with Gasteiger partial charge in [-0.2, -0.15) is 30.3 Å². The van der Waals surface area contributed by atoms with Gasteiger partial charge in [0, 0.05) is 0 Å². The molecule has 0 aliphatic rings. The molecule has 0 heterocycles. The van der Waals surface area contributed by atoms with Crippen molar-refractivity contribution in [2.45, 2.75) is 13.8 Å². The van der Waals surface area contributed by atoms with E-state index in [1.807, 2.05) is 61.5 Å². The molecule has 0 aromatic heterocycles. The second-order valence-corrected chi connectivity index (χ2v) is 3.57. The van der Waals surface area contributed by atoms with Crippen LogP contribution >= 0.6 is 0 Å². The average Bonchev–Trinajstić information content (AvgIpc) is 2.94. The summed E-state index contributed by atoms with van der Waals surface area (Å²) in [6, 6.07) is 17.9. The summed E-state index contributed by atoms with van der Waals surface area (Å²) in [5.74, 6) is 0.101. The predicted octanol–water partition coefficient (Wildman–Crippen LogP) is 3.80. The molecule has 0 atom stereocenters.